The second kappa shape index (κ2) is 13.7. The minimum atomic E-state index is -0.604. The SMILES string of the molecule is CC[C@H]1C[C@@H](/C=C/c2cnc3cc(Sc4ccccc4)c(Sc4ccccc4)cc3c2Sc2ccccc2)OC(C)(C)O1. The van der Waals surface area contributed by atoms with Crippen LogP contribution in [0.2, 0.25) is 0 Å². The molecule has 2 atom stereocenters. The van der Waals surface area contributed by atoms with E-state index in [1.54, 1.807) is 35.3 Å². The summed E-state index contributed by atoms with van der Waals surface area (Å²) in [5.41, 5.74) is 2.07. The van der Waals surface area contributed by atoms with Gasteiger partial charge in [0.25, 0.3) is 0 Å². The minimum absolute atomic E-state index is 0.0205. The van der Waals surface area contributed by atoms with E-state index < -0.39 is 5.79 Å². The molecule has 1 fully saturated rings. The molecule has 0 N–H and O–H groups in total. The number of hydrogen-bond donors (Lipinski definition) is 0. The van der Waals surface area contributed by atoms with Crippen LogP contribution in [0.15, 0.2) is 145 Å². The third kappa shape index (κ3) is 7.75. The predicted molar refractivity (Wildman–Crippen MR) is 181 cm³/mol. The first-order chi connectivity index (χ1) is 21.0. The highest BCUT2D eigenvalue weighted by atomic mass is 32.2. The van der Waals surface area contributed by atoms with Crippen LogP contribution in [0.25, 0.3) is 17.0 Å². The van der Waals surface area contributed by atoms with Crippen LogP contribution < -0.4 is 0 Å². The second-order valence-corrected chi connectivity index (χ2v) is 14.2. The molecule has 5 aromatic rings. The molecule has 1 aliphatic heterocycles. The number of hydrogen-bond acceptors (Lipinski definition) is 6. The van der Waals surface area contributed by atoms with Crippen molar-refractivity contribution in [3.8, 4) is 0 Å². The molecule has 0 spiro atoms. The molecular weight excluding hydrogens is 587 g/mol. The Hall–Kier alpha value is -3.00. The molecule has 43 heavy (non-hydrogen) atoms. The van der Waals surface area contributed by atoms with Gasteiger partial charge in [0.05, 0.1) is 17.7 Å². The van der Waals surface area contributed by atoms with Gasteiger partial charge in [-0.05, 0) is 68.8 Å². The van der Waals surface area contributed by atoms with Gasteiger partial charge in [0, 0.05) is 52.9 Å². The Morgan fingerprint density at radius 3 is 1.91 bits per heavy atom. The van der Waals surface area contributed by atoms with E-state index in [2.05, 4.69) is 122 Å². The number of rotatable bonds is 9. The highest BCUT2D eigenvalue weighted by molar-refractivity contribution is 8.02. The molecule has 0 amide bonds. The number of benzene rings is 4. The summed E-state index contributed by atoms with van der Waals surface area (Å²) in [4.78, 5) is 12.2. The molecule has 3 nitrogen and oxygen atoms in total. The molecule has 0 bridgehead atoms. The van der Waals surface area contributed by atoms with Crippen molar-refractivity contribution < 1.29 is 9.47 Å². The fourth-order valence-electron chi connectivity index (χ4n) is 5.15. The Morgan fingerprint density at radius 2 is 1.33 bits per heavy atom. The summed E-state index contributed by atoms with van der Waals surface area (Å²) in [6.45, 7) is 6.17. The van der Waals surface area contributed by atoms with Crippen molar-refractivity contribution in [2.75, 3.05) is 0 Å². The number of nitrogens with zero attached hydrogens (tertiary/aromatic N) is 1. The zero-order chi connectivity index (χ0) is 29.6. The van der Waals surface area contributed by atoms with E-state index in [4.69, 9.17) is 14.5 Å². The maximum absolute atomic E-state index is 6.29. The van der Waals surface area contributed by atoms with Crippen LogP contribution in [0.4, 0.5) is 0 Å². The van der Waals surface area contributed by atoms with Crippen molar-refractivity contribution >= 4 is 52.3 Å². The highest BCUT2D eigenvalue weighted by Gasteiger charge is 2.33. The van der Waals surface area contributed by atoms with Gasteiger partial charge in [-0.2, -0.15) is 0 Å². The summed E-state index contributed by atoms with van der Waals surface area (Å²) < 4.78 is 12.4. The van der Waals surface area contributed by atoms with Crippen LogP contribution in [-0.4, -0.2) is 23.0 Å². The Bertz CT molecular complexity index is 1690. The average Bonchev–Trinajstić information content (AvgIpc) is 3.02. The normalized spacial score (nSPS) is 18.3. The van der Waals surface area contributed by atoms with Gasteiger partial charge in [0.15, 0.2) is 5.79 Å². The van der Waals surface area contributed by atoms with Gasteiger partial charge in [-0.15, -0.1) is 0 Å². The van der Waals surface area contributed by atoms with Gasteiger partial charge in [-0.3, -0.25) is 4.98 Å². The molecule has 2 heterocycles. The van der Waals surface area contributed by atoms with Crippen molar-refractivity contribution in [2.24, 2.45) is 0 Å². The molecule has 6 heteroatoms. The summed E-state index contributed by atoms with van der Waals surface area (Å²) >= 11 is 5.37. The summed E-state index contributed by atoms with van der Waals surface area (Å²) in [5, 5.41) is 1.14. The third-order valence-corrected chi connectivity index (χ3v) is 10.6. The van der Waals surface area contributed by atoms with Crippen LogP contribution in [0.3, 0.4) is 0 Å². The van der Waals surface area contributed by atoms with Crippen LogP contribution in [0, 0.1) is 0 Å². The topological polar surface area (TPSA) is 31.4 Å². The van der Waals surface area contributed by atoms with Crippen molar-refractivity contribution in [2.45, 2.75) is 81.0 Å². The molecule has 0 saturated carbocycles. The zero-order valence-electron chi connectivity index (χ0n) is 24.6. The molecule has 1 aliphatic rings. The van der Waals surface area contributed by atoms with Gasteiger partial charge < -0.3 is 9.47 Å². The van der Waals surface area contributed by atoms with E-state index in [0.29, 0.717) is 0 Å². The van der Waals surface area contributed by atoms with E-state index in [0.717, 1.165) is 29.3 Å². The summed E-state index contributed by atoms with van der Waals surface area (Å²) in [6.07, 6.45) is 8.35. The van der Waals surface area contributed by atoms with Gasteiger partial charge in [-0.25, -0.2) is 0 Å². The molecular formula is C37H35NO2S3. The molecule has 218 valence electrons. The number of fused-ring (bicyclic) bond motifs is 1. The molecule has 6 rings (SSSR count). The molecule has 0 radical (unpaired) electrons. The Kier molecular flexibility index (Phi) is 9.61. The monoisotopic (exact) mass is 621 g/mol. The number of pyridine rings is 1. The first-order valence-corrected chi connectivity index (χ1v) is 17.1. The van der Waals surface area contributed by atoms with Crippen LogP contribution in [-0.2, 0) is 9.47 Å². The lowest BCUT2D eigenvalue weighted by Gasteiger charge is -2.39. The van der Waals surface area contributed by atoms with E-state index in [-0.39, 0.29) is 12.2 Å². The minimum Gasteiger partial charge on any atom is -0.347 e. The quantitative estimate of drug-likeness (QED) is 0.163. The van der Waals surface area contributed by atoms with Crippen molar-refractivity contribution in [3.05, 3.63) is 121 Å². The van der Waals surface area contributed by atoms with E-state index >= 15 is 0 Å². The summed E-state index contributed by atoms with van der Waals surface area (Å²) in [6, 6.07) is 36.3. The Balaban J connectivity index is 1.45. The fourth-order valence-corrected chi connectivity index (χ4v) is 8.20. The third-order valence-electron chi connectivity index (χ3n) is 7.14. The summed E-state index contributed by atoms with van der Waals surface area (Å²) in [7, 11) is 0. The molecule has 1 aromatic heterocycles. The lowest BCUT2D eigenvalue weighted by molar-refractivity contribution is -0.290. The second-order valence-electron chi connectivity index (χ2n) is 10.9. The number of aromatic nitrogens is 1. The standard InChI is InChI=1S/C37H35NO2S3/c1-4-27-22-28(40-37(2,3)39-27)21-20-26-25-38-33-24-35(42-30-16-10-6-11-17-30)34(41-29-14-8-5-9-15-29)23-32(33)36(26)43-31-18-12-7-13-19-31/h5-21,23-25,27-28H,4,22H2,1-3H3/b21-20+/t27-,28+/m0/s1. The Labute approximate surface area is 267 Å². The first kappa shape index (κ1) is 30.0. The maximum atomic E-state index is 6.29. The van der Waals surface area contributed by atoms with Gasteiger partial charge >= 0.3 is 0 Å². The lowest BCUT2D eigenvalue weighted by atomic mass is 10.0. The molecule has 1 saturated heterocycles. The predicted octanol–water partition coefficient (Wildman–Crippen LogP) is 11.0. The van der Waals surface area contributed by atoms with Crippen molar-refractivity contribution in [1.29, 1.82) is 0 Å². The lowest BCUT2D eigenvalue weighted by Crippen LogP contribution is -2.43. The Morgan fingerprint density at radius 1 is 0.767 bits per heavy atom. The van der Waals surface area contributed by atoms with E-state index in [1.165, 1.54) is 29.4 Å². The van der Waals surface area contributed by atoms with Crippen LogP contribution >= 0.6 is 35.3 Å². The average molecular weight is 622 g/mol. The molecule has 4 aromatic carbocycles. The fraction of sp³-hybridized carbons (Fsp3) is 0.216. The van der Waals surface area contributed by atoms with Crippen LogP contribution in [0.1, 0.15) is 39.2 Å². The van der Waals surface area contributed by atoms with Crippen LogP contribution in [0.5, 0.6) is 0 Å². The van der Waals surface area contributed by atoms with E-state index in [9.17, 15) is 0 Å². The summed E-state index contributed by atoms with van der Waals surface area (Å²) in [5.74, 6) is -0.604. The largest absolute Gasteiger partial charge is 0.347 e. The van der Waals surface area contributed by atoms with Crippen molar-refractivity contribution in [3.63, 3.8) is 0 Å². The molecule has 0 aliphatic carbocycles. The highest BCUT2D eigenvalue weighted by Crippen LogP contribution is 2.44. The van der Waals surface area contributed by atoms with Crippen molar-refractivity contribution in [1.82, 2.24) is 4.98 Å². The van der Waals surface area contributed by atoms with Gasteiger partial charge in [-0.1, -0.05) is 109 Å². The van der Waals surface area contributed by atoms with Gasteiger partial charge in [0.2, 0.25) is 0 Å². The smallest absolute Gasteiger partial charge is 0.163 e. The first-order valence-electron chi connectivity index (χ1n) is 14.6. The number of ether oxygens (including phenoxy) is 2. The molecule has 0 unspecified atom stereocenters. The zero-order valence-corrected chi connectivity index (χ0v) is 27.1. The van der Waals surface area contributed by atoms with Gasteiger partial charge in [0.1, 0.15) is 0 Å². The maximum Gasteiger partial charge on any atom is 0.163 e. The van der Waals surface area contributed by atoms with E-state index in [1.807, 2.05) is 20.0 Å².